The first-order valence-electron chi connectivity index (χ1n) is 8.63. The smallest absolute Gasteiger partial charge is 0.430 e. The van der Waals surface area contributed by atoms with Crippen LogP contribution < -0.4 is 0 Å². The standard InChI is InChI=1S/C20H11ClF5N3O3/c21-12-5-2-6-13(23)14(12)16-15(19(30)31)17(32-29-16)11(8-27)18(20(24,25)26)28-10-4-1-3-9(22)7-10/h1-8,11,27H,(H,30,31). The minimum atomic E-state index is -5.17. The van der Waals surface area contributed by atoms with E-state index in [4.69, 9.17) is 21.5 Å². The second-order valence-corrected chi connectivity index (χ2v) is 6.70. The Morgan fingerprint density at radius 2 is 1.91 bits per heavy atom. The van der Waals surface area contributed by atoms with E-state index in [1.165, 1.54) is 12.1 Å². The van der Waals surface area contributed by atoms with E-state index in [9.17, 15) is 31.9 Å². The summed E-state index contributed by atoms with van der Waals surface area (Å²) in [5.41, 5.74) is -4.18. The van der Waals surface area contributed by atoms with Crippen molar-refractivity contribution in [1.82, 2.24) is 5.16 Å². The van der Waals surface area contributed by atoms with Crippen LogP contribution in [-0.4, -0.2) is 34.3 Å². The van der Waals surface area contributed by atoms with Gasteiger partial charge in [0.1, 0.15) is 34.5 Å². The number of nitrogens with one attached hydrogen (secondary N) is 1. The van der Waals surface area contributed by atoms with Crippen molar-refractivity contribution >= 4 is 35.2 Å². The largest absolute Gasteiger partial charge is 0.477 e. The van der Waals surface area contributed by atoms with Crippen LogP contribution in [-0.2, 0) is 0 Å². The number of hydrogen-bond donors (Lipinski definition) is 2. The molecule has 3 rings (SSSR count). The van der Waals surface area contributed by atoms with Crippen LogP contribution in [0, 0.1) is 17.0 Å². The number of halogens is 6. The molecule has 0 aliphatic heterocycles. The number of aromatic nitrogens is 1. The van der Waals surface area contributed by atoms with Crippen LogP contribution in [0.1, 0.15) is 22.0 Å². The number of aromatic carboxylic acids is 1. The molecule has 166 valence electrons. The fourth-order valence-corrected chi connectivity index (χ4v) is 3.14. The maximum absolute atomic E-state index is 14.3. The van der Waals surface area contributed by atoms with Gasteiger partial charge in [-0.3, -0.25) is 0 Å². The SMILES string of the molecule is N=CC(C(=Nc1cccc(F)c1)C(F)(F)F)c1onc(-c2c(F)cccc2Cl)c1C(=O)O. The number of benzene rings is 2. The van der Waals surface area contributed by atoms with Gasteiger partial charge in [-0.05, 0) is 30.3 Å². The number of hydrogen-bond acceptors (Lipinski definition) is 5. The zero-order valence-electron chi connectivity index (χ0n) is 15.6. The Bertz CT molecular complexity index is 1200. The summed E-state index contributed by atoms with van der Waals surface area (Å²) in [7, 11) is 0. The maximum atomic E-state index is 14.3. The molecule has 1 unspecified atom stereocenters. The van der Waals surface area contributed by atoms with Gasteiger partial charge in [0.05, 0.1) is 16.3 Å². The summed E-state index contributed by atoms with van der Waals surface area (Å²) in [6.45, 7) is 0. The molecule has 3 aromatic rings. The van der Waals surface area contributed by atoms with Crippen LogP contribution in [0.25, 0.3) is 11.3 Å². The van der Waals surface area contributed by atoms with Crippen molar-refractivity contribution in [3.8, 4) is 11.3 Å². The summed E-state index contributed by atoms with van der Waals surface area (Å²) in [5, 5.41) is 20.3. The second kappa shape index (κ2) is 8.87. The molecule has 2 aromatic carbocycles. The summed E-state index contributed by atoms with van der Waals surface area (Å²) >= 11 is 5.92. The van der Waals surface area contributed by atoms with Gasteiger partial charge in [-0.25, -0.2) is 18.6 Å². The Kier molecular flexibility index (Phi) is 6.40. The molecule has 32 heavy (non-hydrogen) atoms. The van der Waals surface area contributed by atoms with E-state index in [2.05, 4.69) is 10.1 Å². The van der Waals surface area contributed by atoms with E-state index in [1.54, 1.807) is 0 Å². The molecule has 1 atom stereocenters. The molecule has 0 amide bonds. The van der Waals surface area contributed by atoms with Crippen LogP contribution in [0.2, 0.25) is 5.02 Å². The van der Waals surface area contributed by atoms with Gasteiger partial charge in [0.25, 0.3) is 0 Å². The lowest BCUT2D eigenvalue weighted by Gasteiger charge is -2.16. The highest BCUT2D eigenvalue weighted by Crippen LogP contribution is 2.38. The lowest BCUT2D eigenvalue weighted by molar-refractivity contribution is -0.0607. The number of carboxylic acid groups (broad SMARTS) is 1. The molecule has 0 radical (unpaired) electrons. The highest BCUT2D eigenvalue weighted by molar-refractivity contribution is 6.33. The molecule has 0 saturated heterocycles. The van der Waals surface area contributed by atoms with Crippen molar-refractivity contribution in [3.05, 3.63) is 70.4 Å². The predicted molar refractivity (Wildman–Crippen MR) is 105 cm³/mol. The molecule has 1 heterocycles. The Morgan fingerprint density at radius 3 is 2.47 bits per heavy atom. The van der Waals surface area contributed by atoms with Crippen molar-refractivity contribution in [1.29, 1.82) is 5.41 Å². The fraction of sp³-hybridized carbons (Fsp3) is 0.100. The number of rotatable bonds is 6. The minimum Gasteiger partial charge on any atom is -0.477 e. The molecule has 0 spiro atoms. The molecule has 0 aliphatic rings. The van der Waals surface area contributed by atoms with Crippen LogP contribution in [0.4, 0.5) is 27.6 Å². The number of carbonyl (C=O) groups is 1. The first kappa shape index (κ1) is 23.1. The zero-order valence-corrected chi connectivity index (χ0v) is 16.4. The average Bonchev–Trinajstić information content (AvgIpc) is 3.12. The van der Waals surface area contributed by atoms with Crippen molar-refractivity contribution < 1.29 is 36.4 Å². The topological polar surface area (TPSA) is 99.5 Å². The minimum absolute atomic E-state index is 0.241. The van der Waals surface area contributed by atoms with Crippen LogP contribution >= 0.6 is 11.6 Å². The monoisotopic (exact) mass is 471 g/mol. The number of nitrogens with zero attached hydrogens (tertiary/aromatic N) is 2. The fourth-order valence-electron chi connectivity index (χ4n) is 2.89. The third-order valence-electron chi connectivity index (χ3n) is 4.22. The van der Waals surface area contributed by atoms with Crippen molar-refractivity contribution in [2.24, 2.45) is 4.99 Å². The van der Waals surface area contributed by atoms with Gasteiger partial charge in [0.15, 0.2) is 5.76 Å². The first-order valence-corrected chi connectivity index (χ1v) is 9.01. The molecule has 6 nitrogen and oxygen atoms in total. The summed E-state index contributed by atoms with van der Waals surface area (Å²) in [6, 6.07) is 7.31. The summed E-state index contributed by atoms with van der Waals surface area (Å²) in [5.74, 6) is -6.75. The van der Waals surface area contributed by atoms with E-state index < -0.39 is 63.7 Å². The van der Waals surface area contributed by atoms with Gasteiger partial charge in [0.2, 0.25) is 0 Å². The number of carboxylic acids is 1. The van der Waals surface area contributed by atoms with E-state index in [0.29, 0.717) is 0 Å². The van der Waals surface area contributed by atoms with Crippen LogP contribution in [0.3, 0.4) is 0 Å². The molecule has 0 bridgehead atoms. The second-order valence-electron chi connectivity index (χ2n) is 6.29. The Morgan fingerprint density at radius 1 is 1.22 bits per heavy atom. The molecule has 0 saturated carbocycles. The summed E-state index contributed by atoms with van der Waals surface area (Å²) < 4.78 is 74.0. The lowest BCUT2D eigenvalue weighted by Crippen LogP contribution is -2.31. The Balaban J connectivity index is 2.25. The van der Waals surface area contributed by atoms with Crippen molar-refractivity contribution in [3.63, 3.8) is 0 Å². The molecule has 12 heteroatoms. The molecule has 1 aromatic heterocycles. The van der Waals surface area contributed by atoms with Crippen molar-refractivity contribution in [2.75, 3.05) is 0 Å². The maximum Gasteiger partial charge on any atom is 0.430 e. The Hall–Kier alpha value is -3.60. The van der Waals surface area contributed by atoms with Gasteiger partial charge >= 0.3 is 12.1 Å². The number of alkyl halides is 3. The van der Waals surface area contributed by atoms with Crippen molar-refractivity contribution in [2.45, 2.75) is 12.1 Å². The van der Waals surface area contributed by atoms with Gasteiger partial charge in [0, 0.05) is 6.21 Å². The quantitative estimate of drug-likeness (QED) is 0.338. The van der Waals surface area contributed by atoms with E-state index in [0.717, 1.165) is 30.3 Å². The third-order valence-corrected chi connectivity index (χ3v) is 4.54. The highest BCUT2D eigenvalue weighted by Gasteiger charge is 2.44. The van der Waals surface area contributed by atoms with E-state index in [-0.39, 0.29) is 11.2 Å². The Labute approximate surface area is 181 Å². The molecular weight excluding hydrogens is 461 g/mol. The molecule has 0 fully saturated rings. The van der Waals surface area contributed by atoms with Gasteiger partial charge in [-0.15, -0.1) is 0 Å². The average molecular weight is 472 g/mol. The molecule has 0 aliphatic carbocycles. The van der Waals surface area contributed by atoms with Gasteiger partial charge in [-0.2, -0.15) is 13.2 Å². The third kappa shape index (κ3) is 4.52. The molecular formula is C20H11ClF5N3O3. The summed E-state index contributed by atoms with van der Waals surface area (Å²) in [6.07, 6.45) is -4.93. The predicted octanol–water partition coefficient (Wildman–Crippen LogP) is 6.04. The zero-order chi connectivity index (χ0) is 23.6. The van der Waals surface area contributed by atoms with Gasteiger partial charge in [-0.1, -0.05) is 28.9 Å². The van der Waals surface area contributed by atoms with E-state index in [1.807, 2.05) is 0 Å². The summed E-state index contributed by atoms with van der Waals surface area (Å²) in [4.78, 5) is 15.3. The van der Waals surface area contributed by atoms with E-state index >= 15 is 0 Å². The van der Waals surface area contributed by atoms with Gasteiger partial charge < -0.3 is 15.0 Å². The highest BCUT2D eigenvalue weighted by atomic mass is 35.5. The molecule has 2 N–H and O–H groups in total. The van der Waals surface area contributed by atoms with Crippen LogP contribution in [0.15, 0.2) is 52.0 Å². The van der Waals surface area contributed by atoms with Crippen LogP contribution in [0.5, 0.6) is 0 Å². The lowest BCUT2D eigenvalue weighted by atomic mass is 9.94. The number of aliphatic imine (C=N–C) groups is 1. The first-order chi connectivity index (χ1) is 15.0. The normalized spacial score (nSPS) is 13.1.